The van der Waals surface area contributed by atoms with Gasteiger partial charge < -0.3 is 10.2 Å². The topological polar surface area (TPSA) is 15.3 Å². The first-order chi connectivity index (χ1) is 9.91. The van der Waals surface area contributed by atoms with Gasteiger partial charge in [0.2, 0.25) is 0 Å². The molecule has 2 rings (SSSR count). The Balaban J connectivity index is 2.00. The van der Waals surface area contributed by atoms with E-state index in [1.54, 1.807) is 12.1 Å². The fraction of sp³-hybridized carbons (Fsp3) is 0.625. The molecule has 2 unspecified atom stereocenters. The van der Waals surface area contributed by atoms with Crippen LogP contribution in [0.4, 0.5) is 18.9 Å². The summed E-state index contributed by atoms with van der Waals surface area (Å²) in [6.07, 6.45) is -1.08. The molecule has 1 aromatic rings. The third-order valence-electron chi connectivity index (χ3n) is 4.09. The van der Waals surface area contributed by atoms with Gasteiger partial charge in [0.05, 0.1) is 5.56 Å². The average molecular weight is 300 g/mol. The number of anilines is 1. The Bertz CT molecular complexity index is 442. The van der Waals surface area contributed by atoms with E-state index >= 15 is 0 Å². The van der Waals surface area contributed by atoms with Gasteiger partial charge in [0.15, 0.2) is 0 Å². The molecule has 0 spiro atoms. The highest BCUT2D eigenvalue weighted by atomic mass is 19.4. The maximum Gasteiger partial charge on any atom is 0.416 e. The molecule has 0 bridgehead atoms. The molecule has 2 nitrogen and oxygen atoms in total. The minimum atomic E-state index is -4.26. The van der Waals surface area contributed by atoms with Crippen LogP contribution in [0.15, 0.2) is 24.3 Å². The van der Waals surface area contributed by atoms with Crippen LogP contribution in [0.3, 0.4) is 0 Å². The predicted molar refractivity (Wildman–Crippen MR) is 79.6 cm³/mol. The van der Waals surface area contributed by atoms with Gasteiger partial charge in [-0.3, -0.25) is 0 Å². The minimum Gasteiger partial charge on any atom is -0.369 e. The van der Waals surface area contributed by atoms with Crippen molar-refractivity contribution in [2.75, 3.05) is 18.0 Å². The fourth-order valence-electron chi connectivity index (χ4n) is 2.93. The van der Waals surface area contributed by atoms with Gasteiger partial charge in [-0.1, -0.05) is 6.92 Å². The maximum atomic E-state index is 12.6. The number of nitrogens with zero attached hydrogens (tertiary/aromatic N) is 1. The lowest BCUT2D eigenvalue weighted by Crippen LogP contribution is -2.47. The minimum absolute atomic E-state index is 0.338. The molecule has 1 saturated heterocycles. The normalized spacial score (nSPS) is 23.4. The smallest absolute Gasteiger partial charge is 0.369 e. The molecule has 1 aliphatic rings. The zero-order valence-corrected chi connectivity index (χ0v) is 12.6. The first kappa shape index (κ1) is 16.1. The van der Waals surface area contributed by atoms with Crippen LogP contribution in [0.2, 0.25) is 0 Å². The third kappa shape index (κ3) is 4.13. The van der Waals surface area contributed by atoms with Gasteiger partial charge in [-0.15, -0.1) is 0 Å². The molecule has 5 heteroatoms. The summed E-state index contributed by atoms with van der Waals surface area (Å²) in [7, 11) is 0. The van der Waals surface area contributed by atoms with Gasteiger partial charge in [0, 0.05) is 24.3 Å². The zero-order chi connectivity index (χ0) is 15.5. The average Bonchev–Trinajstić information content (AvgIpc) is 2.44. The highest BCUT2D eigenvalue weighted by Crippen LogP contribution is 2.32. The van der Waals surface area contributed by atoms with Crippen LogP contribution in [0.5, 0.6) is 0 Å². The van der Waals surface area contributed by atoms with E-state index in [2.05, 4.69) is 24.1 Å². The Morgan fingerprint density at radius 3 is 2.43 bits per heavy atom. The van der Waals surface area contributed by atoms with Gasteiger partial charge in [0.1, 0.15) is 0 Å². The lowest BCUT2D eigenvalue weighted by Gasteiger charge is -2.39. The van der Waals surface area contributed by atoms with E-state index in [-0.39, 0.29) is 0 Å². The number of benzene rings is 1. The van der Waals surface area contributed by atoms with Crippen LogP contribution in [0.25, 0.3) is 0 Å². The van der Waals surface area contributed by atoms with Crippen LogP contribution >= 0.6 is 0 Å². The Morgan fingerprint density at radius 2 is 1.90 bits per heavy atom. The van der Waals surface area contributed by atoms with E-state index < -0.39 is 11.7 Å². The van der Waals surface area contributed by atoms with Crippen molar-refractivity contribution < 1.29 is 13.2 Å². The van der Waals surface area contributed by atoms with Crippen LogP contribution in [-0.4, -0.2) is 25.2 Å². The molecular weight excluding hydrogens is 277 g/mol. The van der Waals surface area contributed by atoms with E-state index in [1.807, 2.05) is 0 Å². The highest BCUT2D eigenvalue weighted by Gasteiger charge is 2.31. The van der Waals surface area contributed by atoms with E-state index in [0.29, 0.717) is 12.1 Å². The van der Waals surface area contributed by atoms with Crippen molar-refractivity contribution in [3.63, 3.8) is 0 Å². The summed E-state index contributed by atoms with van der Waals surface area (Å²) in [5.74, 6) is 0. The molecule has 2 atom stereocenters. The lowest BCUT2D eigenvalue weighted by molar-refractivity contribution is -0.137. The van der Waals surface area contributed by atoms with Crippen molar-refractivity contribution in [1.29, 1.82) is 0 Å². The summed E-state index contributed by atoms with van der Waals surface area (Å²) in [6.45, 7) is 6.19. The van der Waals surface area contributed by atoms with Crippen LogP contribution in [-0.2, 0) is 6.18 Å². The van der Waals surface area contributed by atoms with Gasteiger partial charge >= 0.3 is 6.18 Å². The molecule has 0 saturated carbocycles. The number of hydrogen-bond acceptors (Lipinski definition) is 2. The fourth-order valence-corrected chi connectivity index (χ4v) is 2.93. The molecule has 1 N–H and O–H groups in total. The number of rotatable bonds is 4. The number of hydrogen-bond donors (Lipinski definition) is 1. The maximum absolute atomic E-state index is 12.6. The Hall–Kier alpha value is -1.23. The second kappa shape index (κ2) is 6.69. The summed E-state index contributed by atoms with van der Waals surface area (Å²) in [5.41, 5.74) is 0.294. The van der Waals surface area contributed by atoms with E-state index in [4.69, 9.17) is 0 Å². The Kier molecular flexibility index (Phi) is 5.14. The molecule has 118 valence electrons. The number of nitrogens with one attached hydrogen (secondary N) is 1. The molecular formula is C16H23F3N2. The molecule has 0 aliphatic carbocycles. The molecule has 21 heavy (non-hydrogen) atoms. The van der Waals surface area contributed by atoms with Crippen molar-refractivity contribution in [1.82, 2.24) is 5.32 Å². The summed E-state index contributed by atoms with van der Waals surface area (Å²) in [6, 6.07) is 6.36. The first-order valence-corrected chi connectivity index (χ1v) is 7.59. The van der Waals surface area contributed by atoms with Crippen molar-refractivity contribution >= 4 is 5.69 Å². The Labute approximate surface area is 124 Å². The first-order valence-electron chi connectivity index (χ1n) is 7.59. The molecule has 1 aliphatic heterocycles. The van der Waals surface area contributed by atoms with Gasteiger partial charge in [0.25, 0.3) is 0 Å². The third-order valence-corrected chi connectivity index (χ3v) is 4.09. The van der Waals surface area contributed by atoms with Crippen LogP contribution < -0.4 is 10.2 Å². The number of alkyl halides is 3. The zero-order valence-electron chi connectivity index (χ0n) is 12.6. The second-order valence-electron chi connectivity index (χ2n) is 5.76. The molecule has 1 aromatic carbocycles. The summed E-state index contributed by atoms with van der Waals surface area (Å²) in [4.78, 5) is 2.20. The van der Waals surface area contributed by atoms with Gasteiger partial charge in [-0.05, 0) is 57.0 Å². The number of halogens is 3. The molecule has 0 radical (unpaired) electrons. The molecule has 1 heterocycles. The van der Waals surface area contributed by atoms with Crippen molar-refractivity contribution in [2.45, 2.75) is 51.4 Å². The standard InChI is InChI=1S/C16H23F3N2/c1-3-9-20-14-8-10-21(12(2)11-14)15-6-4-13(5-7-15)16(17,18)19/h4-7,12,14,20H,3,8-11H2,1-2H3. The summed E-state index contributed by atoms with van der Waals surface area (Å²) in [5, 5.41) is 3.53. The van der Waals surface area contributed by atoms with Crippen molar-refractivity contribution in [3.8, 4) is 0 Å². The summed E-state index contributed by atoms with van der Waals surface area (Å²) < 4.78 is 37.8. The van der Waals surface area contributed by atoms with Crippen molar-refractivity contribution in [2.24, 2.45) is 0 Å². The van der Waals surface area contributed by atoms with Gasteiger partial charge in [-0.25, -0.2) is 0 Å². The number of piperidine rings is 1. The Morgan fingerprint density at radius 1 is 1.24 bits per heavy atom. The van der Waals surface area contributed by atoms with Crippen LogP contribution in [0.1, 0.15) is 38.7 Å². The lowest BCUT2D eigenvalue weighted by atomic mass is 9.97. The molecule has 1 fully saturated rings. The van der Waals surface area contributed by atoms with Crippen molar-refractivity contribution in [3.05, 3.63) is 29.8 Å². The van der Waals surface area contributed by atoms with Gasteiger partial charge in [-0.2, -0.15) is 13.2 Å². The predicted octanol–water partition coefficient (Wildman–Crippen LogP) is 4.06. The molecule has 0 amide bonds. The highest BCUT2D eigenvalue weighted by molar-refractivity contribution is 5.49. The van der Waals surface area contributed by atoms with E-state index in [9.17, 15) is 13.2 Å². The van der Waals surface area contributed by atoms with Crippen LogP contribution in [0, 0.1) is 0 Å². The monoisotopic (exact) mass is 300 g/mol. The second-order valence-corrected chi connectivity index (χ2v) is 5.76. The quantitative estimate of drug-likeness (QED) is 0.902. The van der Waals surface area contributed by atoms with E-state index in [0.717, 1.165) is 38.0 Å². The van der Waals surface area contributed by atoms with E-state index in [1.165, 1.54) is 12.1 Å². The summed E-state index contributed by atoms with van der Waals surface area (Å²) >= 11 is 0. The SMILES string of the molecule is CCCNC1CCN(c2ccc(C(F)(F)F)cc2)C(C)C1. The largest absolute Gasteiger partial charge is 0.416 e. The molecule has 0 aromatic heterocycles.